The highest BCUT2D eigenvalue weighted by Gasteiger charge is 2.32. The Bertz CT molecular complexity index is 519. The van der Waals surface area contributed by atoms with Gasteiger partial charge in [0.05, 0.1) is 10.9 Å². The van der Waals surface area contributed by atoms with Crippen molar-refractivity contribution in [3.8, 4) is 0 Å². The minimum Gasteiger partial charge on any atom is -0.326 e. The summed E-state index contributed by atoms with van der Waals surface area (Å²) in [5.41, 5.74) is 7.34. The van der Waals surface area contributed by atoms with Gasteiger partial charge in [0, 0.05) is 13.1 Å². The smallest absolute Gasteiger partial charge is 0.238 e. The van der Waals surface area contributed by atoms with Crippen LogP contribution in [0.3, 0.4) is 0 Å². The van der Waals surface area contributed by atoms with Gasteiger partial charge in [-0.1, -0.05) is 31.4 Å². The van der Waals surface area contributed by atoms with Gasteiger partial charge in [-0.05, 0) is 37.5 Å². The van der Waals surface area contributed by atoms with Gasteiger partial charge in [-0.2, -0.15) is 0 Å². The summed E-state index contributed by atoms with van der Waals surface area (Å²) in [4.78, 5) is 0. The first-order valence-electron chi connectivity index (χ1n) is 7.40. The average molecular weight is 296 g/mol. The standard InChI is InChI=1S/C15H24N2O2S/c1-2-17(14-10-8-13(12-16)9-11-14)20(18,19)15-6-4-3-5-7-15/h8-11,15H,2-7,12,16H2,1H3. The van der Waals surface area contributed by atoms with Crippen molar-refractivity contribution in [1.82, 2.24) is 0 Å². The van der Waals surface area contributed by atoms with E-state index in [1.54, 1.807) is 4.31 Å². The van der Waals surface area contributed by atoms with E-state index < -0.39 is 10.0 Å². The lowest BCUT2D eigenvalue weighted by Gasteiger charge is -2.30. The van der Waals surface area contributed by atoms with Crippen molar-refractivity contribution < 1.29 is 8.42 Å². The maximum atomic E-state index is 12.8. The van der Waals surface area contributed by atoms with Crippen molar-refractivity contribution in [2.24, 2.45) is 5.73 Å². The summed E-state index contributed by atoms with van der Waals surface area (Å²) in [5, 5.41) is -0.217. The Morgan fingerprint density at radius 1 is 1.15 bits per heavy atom. The highest BCUT2D eigenvalue weighted by molar-refractivity contribution is 7.93. The Morgan fingerprint density at radius 3 is 2.25 bits per heavy atom. The van der Waals surface area contributed by atoms with Crippen LogP contribution in [-0.2, 0) is 16.6 Å². The van der Waals surface area contributed by atoms with Gasteiger partial charge in [-0.3, -0.25) is 4.31 Å². The molecule has 2 N–H and O–H groups in total. The largest absolute Gasteiger partial charge is 0.326 e. The molecule has 20 heavy (non-hydrogen) atoms. The Morgan fingerprint density at radius 2 is 1.75 bits per heavy atom. The molecule has 0 heterocycles. The quantitative estimate of drug-likeness (QED) is 0.908. The fourth-order valence-electron chi connectivity index (χ4n) is 2.85. The van der Waals surface area contributed by atoms with Gasteiger partial charge in [0.15, 0.2) is 0 Å². The van der Waals surface area contributed by atoms with Gasteiger partial charge in [0.1, 0.15) is 0 Å². The molecule has 0 atom stereocenters. The summed E-state index contributed by atoms with van der Waals surface area (Å²) in [5.74, 6) is 0. The normalized spacial score (nSPS) is 17.1. The number of benzene rings is 1. The van der Waals surface area contributed by atoms with Crippen LogP contribution in [0.15, 0.2) is 24.3 Å². The van der Waals surface area contributed by atoms with E-state index in [0.717, 1.165) is 43.4 Å². The fraction of sp³-hybridized carbons (Fsp3) is 0.600. The first-order chi connectivity index (χ1) is 9.59. The highest BCUT2D eigenvalue weighted by atomic mass is 32.2. The van der Waals surface area contributed by atoms with Crippen LogP contribution in [0.5, 0.6) is 0 Å². The number of sulfonamides is 1. The summed E-state index contributed by atoms with van der Waals surface area (Å²) >= 11 is 0. The molecule has 5 heteroatoms. The first-order valence-corrected chi connectivity index (χ1v) is 8.90. The number of rotatable bonds is 5. The molecule has 0 amide bonds. The van der Waals surface area contributed by atoms with Crippen molar-refractivity contribution in [2.45, 2.75) is 50.8 Å². The molecule has 0 bridgehead atoms. The minimum atomic E-state index is -3.24. The molecule has 0 unspecified atom stereocenters. The SMILES string of the molecule is CCN(c1ccc(CN)cc1)S(=O)(=O)C1CCCCC1. The Hall–Kier alpha value is -1.07. The molecule has 0 aliphatic heterocycles. The van der Waals surface area contributed by atoms with Gasteiger partial charge in [0.25, 0.3) is 0 Å². The number of anilines is 1. The van der Waals surface area contributed by atoms with Gasteiger partial charge >= 0.3 is 0 Å². The van der Waals surface area contributed by atoms with E-state index in [1.807, 2.05) is 31.2 Å². The van der Waals surface area contributed by atoms with Gasteiger partial charge in [-0.25, -0.2) is 8.42 Å². The van der Waals surface area contributed by atoms with E-state index in [-0.39, 0.29) is 5.25 Å². The maximum absolute atomic E-state index is 12.8. The number of nitrogens with two attached hydrogens (primary N) is 1. The molecule has 4 nitrogen and oxygen atoms in total. The first kappa shape index (κ1) is 15.3. The summed E-state index contributed by atoms with van der Waals surface area (Å²) < 4.78 is 27.1. The third-order valence-corrected chi connectivity index (χ3v) is 6.43. The van der Waals surface area contributed by atoms with Gasteiger partial charge in [0.2, 0.25) is 10.0 Å². The average Bonchev–Trinajstić information content (AvgIpc) is 2.49. The number of hydrogen-bond acceptors (Lipinski definition) is 3. The molecule has 0 spiro atoms. The zero-order valence-electron chi connectivity index (χ0n) is 12.1. The van der Waals surface area contributed by atoms with E-state index >= 15 is 0 Å². The Balaban J connectivity index is 2.25. The van der Waals surface area contributed by atoms with Crippen molar-refractivity contribution in [3.05, 3.63) is 29.8 Å². The molecule has 1 aromatic carbocycles. The zero-order chi connectivity index (χ0) is 14.6. The molecule has 2 rings (SSSR count). The molecule has 1 aliphatic carbocycles. The molecule has 1 saturated carbocycles. The predicted octanol–water partition coefficient (Wildman–Crippen LogP) is 2.63. The van der Waals surface area contributed by atoms with E-state index in [2.05, 4.69) is 0 Å². The molecule has 0 aromatic heterocycles. The van der Waals surface area contributed by atoms with E-state index in [0.29, 0.717) is 13.1 Å². The van der Waals surface area contributed by atoms with Crippen molar-refractivity contribution in [2.75, 3.05) is 10.8 Å². The van der Waals surface area contributed by atoms with Crippen LogP contribution < -0.4 is 10.0 Å². The van der Waals surface area contributed by atoms with Gasteiger partial charge in [-0.15, -0.1) is 0 Å². The van der Waals surface area contributed by atoms with Crippen LogP contribution >= 0.6 is 0 Å². The lowest BCUT2D eigenvalue weighted by Crippen LogP contribution is -2.39. The maximum Gasteiger partial charge on any atom is 0.238 e. The van der Waals surface area contributed by atoms with Crippen molar-refractivity contribution in [3.63, 3.8) is 0 Å². The van der Waals surface area contributed by atoms with E-state index in [9.17, 15) is 8.42 Å². The second kappa shape index (κ2) is 6.59. The molecular weight excluding hydrogens is 272 g/mol. The summed E-state index contributed by atoms with van der Waals surface area (Å²) in [6.45, 7) is 2.83. The van der Waals surface area contributed by atoms with Crippen LogP contribution in [0.2, 0.25) is 0 Å². The molecule has 0 radical (unpaired) electrons. The molecular formula is C15H24N2O2S. The molecule has 0 saturated heterocycles. The summed E-state index contributed by atoms with van der Waals surface area (Å²) in [6.07, 6.45) is 4.78. The van der Waals surface area contributed by atoms with Crippen LogP contribution in [0, 0.1) is 0 Å². The monoisotopic (exact) mass is 296 g/mol. The van der Waals surface area contributed by atoms with Crippen molar-refractivity contribution >= 4 is 15.7 Å². The summed E-state index contributed by atoms with van der Waals surface area (Å²) in [6, 6.07) is 7.50. The topological polar surface area (TPSA) is 63.4 Å². The second-order valence-corrected chi connectivity index (χ2v) is 7.48. The van der Waals surface area contributed by atoms with E-state index in [4.69, 9.17) is 5.73 Å². The van der Waals surface area contributed by atoms with Crippen LogP contribution in [0.4, 0.5) is 5.69 Å². The third kappa shape index (κ3) is 3.15. The summed E-state index contributed by atoms with van der Waals surface area (Å²) in [7, 11) is -3.24. The third-order valence-electron chi connectivity index (χ3n) is 4.03. The number of nitrogens with zero attached hydrogens (tertiary/aromatic N) is 1. The zero-order valence-corrected chi connectivity index (χ0v) is 12.9. The molecule has 1 aromatic rings. The fourth-order valence-corrected chi connectivity index (χ4v) is 4.92. The van der Waals surface area contributed by atoms with Crippen LogP contribution in [0.25, 0.3) is 0 Å². The predicted molar refractivity (Wildman–Crippen MR) is 83.1 cm³/mol. The Kier molecular flexibility index (Phi) is 5.05. The van der Waals surface area contributed by atoms with Crippen molar-refractivity contribution in [1.29, 1.82) is 0 Å². The highest BCUT2D eigenvalue weighted by Crippen LogP contribution is 2.29. The second-order valence-electron chi connectivity index (χ2n) is 5.34. The lowest BCUT2D eigenvalue weighted by molar-refractivity contribution is 0.482. The number of hydrogen-bond donors (Lipinski definition) is 1. The molecule has 1 aliphatic rings. The van der Waals surface area contributed by atoms with Gasteiger partial charge < -0.3 is 5.73 Å². The van der Waals surface area contributed by atoms with Crippen LogP contribution in [0.1, 0.15) is 44.6 Å². The molecule has 112 valence electrons. The van der Waals surface area contributed by atoms with E-state index in [1.165, 1.54) is 0 Å². The minimum absolute atomic E-state index is 0.217. The van der Waals surface area contributed by atoms with Crippen LogP contribution in [-0.4, -0.2) is 20.2 Å². The molecule has 1 fully saturated rings. The lowest BCUT2D eigenvalue weighted by atomic mass is 10.0. The Labute approximate surface area is 122 Å².